The summed E-state index contributed by atoms with van der Waals surface area (Å²) < 4.78 is 38.1. The van der Waals surface area contributed by atoms with Crippen LogP contribution in [0.1, 0.15) is 19.3 Å². The van der Waals surface area contributed by atoms with Crippen molar-refractivity contribution >= 4 is 5.84 Å². The van der Waals surface area contributed by atoms with Crippen molar-refractivity contribution < 1.29 is 18.4 Å². The second-order valence-electron chi connectivity index (χ2n) is 5.66. The Kier molecular flexibility index (Phi) is 4.74. The van der Waals surface area contributed by atoms with Crippen LogP contribution >= 0.6 is 0 Å². The van der Waals surface area contributed by atoms with Gasteiger partial charge in [0, 0.05) is 19.1 Å². The molecule has 20 heavy (non-hydrogen) atoms. The Hall–Kier alpha value is -1.02. The minimum Gasteiger partial charge on any atom is -0.409 e. The van der Waals surface area contributed by atoms with E-state index in [0.717, 1.165) is 19.5 Å². The van der Waals surface area contributed by atoms with Crippen LogP contribution in [0.4, 0.5) is 13.2 Å². The molecule has 1 saturated heterocycles. The third kappa shape index (κ3) is 3.99. The summed E-state index contributed by atoms with van der Waals surface area (Å²) in [5.74, 6) is -2.35. The lowest BCUT2D eigenvalue weighted by molar-refractivity contribution is -0.154. The van der Waals surface area contributed by atoms with Crippen molar-refractivity contribution in [1.82, 2.24) is 10.2 Å². The second-order valence-corrected chi connectivity index (χ2v) is 5.66. The number of oxime groups is 1. The zero-order valence-corrected chi connectivity index (χ0v) is 11.2. The van der Waals surface area contributed by atoms with Crippen LogP contribution in [0.5, 0.6) is 0 Å². The Labute approximate surface area is 116 Å². The van der Waals surface area contributed by atoms with Crippen LogP contribution in [0, 0.1) is 11.8 Å². The van der Waals surface area contributed by atoms with E-state index in [9.17, 15) is 13.2 Å². The molecule has 116 valence electrons. The van der Waals surface area contributed by atoms with E-state index in [0.29, 0.717) is 18.5 Å². The van der Waals surface area contributed by atoms with Crippen LogP contribution in [0.2, 0.25) is 0 Å². The molecular formula is C12H21F3N4O. The lowest BCUT2D eigenvalue weighted by Gasteiger charge is -2.20. The largest absolute Gasteiger partial charge is 0.409 e. The van der Waals surface area contributed by atoms with Crippen LogP contribution in [-0.2, 0) is 0 Å². The van der Waals surface area contributed by atoms with Crippen LogP contribution < -0.4 is 11.1 Å². The molecule has 0 amide bonds. The number of amidine groups is 1. The standard InChI is InChI=1S/C12H21F3N4O/c13-12(14,15)10(11(16)18-20)6-17-5-8-3-4-19(7-8)9-1-2-9/h8-10,17,20H,1-7H2,(H2,16,18). The van der Waals surface area contributed by atoms with E-state index in [-0.39, 0.29) is 6.54 Å². The van der Waals surface area contributed by atoms with E-state index in [1.54, 1.807) is 0 Å². The highest BCUT2D eigenvalue weighted by Crippen LogP contribution is 2.31. The average molecular weight is 294 g/mol. The summed E-state index contributed by atoms with van der Waals surface area (Å²) in [6.07, 6.45) is -0.984. The Bertz CT molecular complexity index is 357. The molecule has 0 aromatic heterocycles. The fourth-order valence-electron chi connectivity index (χ4n) is 2.69. The first-order valence-corrected chi connectivity index (χ1v) is 6.90. The molecule has 5 nitrogen and oxygen atoms in total. The van der Waals surface area contributed by atoms with Gasteiger partial charge in [0.1, 0.15) is 5.92 Å². The predicted octanol–water partition coefficient (Wildman–Crippen LogP) is 0.985. The van der Waals surface area contributed by atoms with Crippen molar-refractivity contribution in [1.29, 1.82) is 0 Å². The molecule has 2 aliphatic rings. The van der Waals surface area contributed by atoms with Crippen LogP contribution in [-0.4, -0.2) is 54.3 Å². The third-order valence-electron chi connectivity index (χ3n) is 4.03. The number of rotatable bonds is 6. The van der Waals surface area contributed by atoms with Gasteiger partial charge in [0.25, 0.3) is 0 Å². The number of nitrogens with zero attached hydrogens (tertiary/aromatic N) is 2. The van der Waals surface area contributed by atoms with Crippen LogP contribution in [0.15, 0.2) is 5.16 Å². The minimum absolute atomic E-state index is 0.348. The van der Waals surface area contributed by atoms with E-state index >= 15 is 0 Å². The van der Waals surface area contributed by atoms with E-state index in [2.05, 4.69) is 15.4 Å². The first-order valence-electron chi connectivity index (χ1n) is 6.90. The van der Waals surface area contributed by atoms with Gasteiger partial charge in [-0.3, -0.25) is 0 Å². The van der Waals surface area contributed by atoms with Gasteiger partial charge in [-0.2, -0.15) is 13.2 Å². The fourth-order valence-corrected chi connectivity index (χ4v) is 2.69. The van der Waals surface area contributed by atoms with Gasteiger partial charge in [0.05, 0.1) is 0 Å². The second kappa shape index (κ2) is 6.17. The van der Waals surface area contributed by atoms with Gasteiger partial charge in [-0.05, 0) is 38.3 Å². The van der Waals surface area contributed by atoms with Gasteiger partial charge in [-0.25, -0.2) is 0 Å². The quantitative estimate of drug-likeness (QED) is 0.295. The molecule has 1 heterocycles. The molecule has 2 fully saturated rings. The third-order valence-corrected chi connectivity index (χ3v) is 4.03. The molecule has 8 heteroatoms. The average Bonchev–Trinajstić information content (AvgIpc) is 3.12. The molecule has 4 N–H and O–H groups in total. The maximum atomic E-state index is 12.7. The van der Waals surface area contributed by atoms with E-state index in [1.807, 2.05) is 0 Å². The van der Waals surface area contributed by atoms with Crippen molar-refractivity contribution in [2.45, 2.75) is 31.5 Å². The Morgan fingerprint density at radius 2 is 2.10 bits per heavy atom. The number of nitrogens with one attached hydrogen (secondary N) is 1. The molecule has 0 aromatic carbocycles. The van der Waals surface area contributed by atoms with Gasteiger partial charge in [-0.1, -0.05) is 5.16 Å². The van der Waals surface area contributed by atoms with Crippen molar-refractivity contribution in [2.24, 2.45) is 22.7 Å². The van der Waals surface area contributed by atoms with Crippen molar-refractivity contribution in [3.8, 4) is 0 Å². The van der Waals surface area contributed by atoms with Crippen molar-refractivity contribution in [3.05, 3.63) is 0 Å². The lowest BCUT2D eigenvalue weighted by Crippen LogP contribution is -2.43. The highest BCUT2D eigenvalue weighted by molar-refractivity contribution is 5.83. The number of likely N-dealkylation sites (tertiary alicyclic amines) is 1. The summed E-state index contributed by atoms with van der Waals surface area (Å²) in [6, 6.07) is 0.708. The number of hydrogen-bond donors (Lipinski definition) is 3. The molecule has 0 aromatic rings. The van der Waals surface area contributed by atoms with E-state index < -0.39 is 17.9 Å². The number of halogens is 3. The summed E-state index contributed by atoms with van der Waals surface area (Å²) in [7, 11) is 0. The highest BCUT2D eigenvalue weighted by atomic mass is 19.4. The Morgan fingerprint density at radius 1 is 1.40 bits per heavy atom. The fraction of sp³-hybridized carbons (Fsp3) is 0.917. The molecule has 1 aliphatic carbocycles. The van der Waals surface area contributed by atoms with Gasteiger partial charge in [0.2, 0.25) is 0 Å². The van der Waals surface area contributed by atoms with E-state index in [4.69, 9.17) is 10.9 Å². The first-order chi connectivity index (χ1) is 9.41. The zero-order valence-electron chi connectivity index (χ0n) is 11.2. The summed E-state index contributed by atoms with van der Waals surface area (Å²) in [5, 5.41) is 13.7. The van der Waals surface area contributed by atoms with Crippen LogP contribution in [0.25, 0.3) is 0 Å². The highest BCUT2D eigenvalue weighted by Gasteiger charge is 2.42. The monoisotopic (exact) mass is 294 g/mol. The topological polar surface area (TPSA) is 73.9 Å². The molecule has 2 rings (SSSR count). The normalized spacial score (nSPS) is 26.9. The Morgan fingerprint density at radius 3 is 2.65 bits per heavy atom. The Balaban J connectivity index is 1.73. The maximum absolute atomic E-state index is 12.7. The smallest absolute Gasteiger partial charge is 0.400 e. The number of hydrogen-bond acceptors (Lipinski definition) is 4. The number of alkyl halides is 3. The molecule has 0 bridgehead atoms. The van der Waals surface area contributed by atoms with Gasteiger partial charge in [-0.15, -0.1) is 0 Å². The molecule has 0 radical (unpaired) electrons. The molecule has 1 saturated carbocycles. The predicted molar refractivity (Wildman–Crippen MR) is 68.5 cm³/mol. The zero-order chi connectivity index (χ0) is 14.8. The lowest BCUT2D eigenvalue weighted by atomic mass is 10.1. The van der Waals surface area contributed by atoms with Crippen LogP contribution in [0.3, 0.4) is 0 Å². The maximum Gasteiger partial charge on any atom is 0.400 e. The molecule has 0 spiro atoms. The summed E-state index contributed by atoms with van der Waals surface area (Å²) in [4.78, 5) is 2.41. The summed E-state index contributed by atoms with van der Waals surface area (Å²) in [6.45, 7) is 2.19. The number of nitrogens with two attached hydrogens (primary N) is 1. The van der Waals surface area contributed by atoms with Crippen molar-refractivity contribution in [2.75, 3.05) is 26.2 Å². The molecular weight excluding hydrogens is 273 g/mol. The minimum atomic E-state index is -4.50. The van der Waals surface area contributed by atoms with Gasteiger partial charge >= 0.3 is 6.18 Å². The van der Waals surface area contributed by atoms with Gasteiger partial charge < -0.3 is 21.2 Å². The first kappa shape index (κ1) is 15.4. The molecule has 2 atom stereocenters. The molecule has 2 unspecified atom stereocenters. The summed E-state index contributed by atoms with van der Waals surface area (Å²) in [5.41, 5.74) is 5.10. The van der Waals surface area contributed by atoms with Crippen molar-refractivity contribution in [3.63, 3.8) is 0 Å². The van der Waals surface area contributed by atoms with E-state index in [1.165, 1.54) is 12.8 Å². The SMILES string of the molecule is NC(=NO)C(CNCC1CCN(C2CC2)C1)C(F)(F)F. The molecule has 1 aliphatic heterocycles. The van der Waals surface area contributed by atoms with Gasteiger partial charge in [0.15, 0.2) is 5.84 Å². The summed E-state index contributed by atoms with van der Waals surface area (Å²) >= 11 is 0.